The van der Waals surface area contributed by atoms with Gasteiger partial charge in [-0.25, -0.2) is 4.98 Å². The van der Waals surface area contributed by atoms with Crippen molar-refractivity contribution in [2.75, 3.05) is 18.4 Å². The third-order valence-corrected chi connectivity index (χ3v) is 2.98. The van der Waals surface area contributed by atoms with Gasteiger partial charge in [0.2, 0.25) is 0 Å². The van der Waals surface area contributed by atoms with Crippen molar-refractivity contribution in [1.82, 2.24) is 9.88 Å². The van der Waals surface area contributed by atoms with Gasteiger partial charge in [0, 0.05) is 30.4 Å². The molecule has 1 aromatic heterocycles. The molecular weight excluding hydrogens is 238 g/mol. The van der Waals surface area contributed by atoms with E-state index in [4.69, 9.17) is 0 Å². The Morgan fingerprint density at radius 1 is 1.37 bits per heavy atom. The third-order valence-electron chi connectivity index (χ3n) is 2.98. The zero-order valence-electron chi connectivity index (χ0n) is 12.7. The van der Waals surface area contributed by atoms with Gasteiger partial charge in [0.25, 0.3) is 5.91 Å². The molecule has 0 spiro atoms. The second-order valence-corrected chi connectivity index (χ2v) is 4.99. The zero-order chi connectivity index (χ0) is 14.4. The Kier molecular flexibility index (Phi) is 5.80. The van der Waals surface area contributed by atoms with Crippen molar-refractivity contribution in [2.24, 2.45) is 0 Å². The minimum atomic E-state index is 0.0718. The maximum absolute atomic E-state index is 12.5. The van der Waals surface area contributed by atoms with Crippen LogP contribution in [-0.4, -0.2) is 34.9 Å². The lowest BCUT2D eigenvalue weighted by Gasteiger charge is -2.25. The summed E-state index contributed by atoms with van der Waals surface area (Å²) in [6.45, 7) is 11.7. The van der Waals surface area contributed by atoms with E-state index in [0.29, 0.717) is 5.56 Å². The molecule has 1 amide bonds. The van der Waals surface area contributed by atoms with Gasteiger partial charge >= 0.3 is 0 Å². The van der Waals surface area contributed by atoms with Crippen LogP contribution >= 0.6 is 0 Å². The van der Waals surface area contributed by atoms with Crippen LogP contribution in [0.25, 0.3) is 0 Å². The number of hydrogen-bond donors (Lipinski definition) is 1. The summed E-state index contributed by atoms with van der Waals surface area (Å²) in [5, 5.41) is 3.23. The number of nitrogens with zero attached hydrogens (tertiary/aromatic N) is 2. The van der Waals surface area contributed by atoms with Gasteiger partial charge < -0.3 is 10.2 Å². The van der Waals surface area contributed by atoms with Crippen LogP contribution in [0.15, 0.2) is 12.1 Å². The average Bonchev–Trinajstić information content (AvgIpc) is 2.36. The number of anilines is 1. The van der Waals surface area contributed by atoms with Gasteiger partial charge in [0.05, 0.1) is 0 Å². The number of aryl methyl sites for hydroxylation is 1. The smallest absolute Gasteiger partial charge is 0.254 e. The van der Waals surface area contributed by atoms with Gasteiger partial charge in [-0.15, -0.1) is 0 Å². The van der Waals surface area contributed by atoms with Crippen LogP contribution < -0.4 is 5.32 Å². The molecule has 0 radical (unpaired) electrons. The lowest BCUT2D eigenvalue weighted by atomic mass is 10.1. The van der Waals surface area contributed by atoms with Gasteiger partial charge in [-0.05, 0) is 46.2 Å². The SMILES string of the molecule is CCCNc1cc(C(=O)N(CC)C(C)C)cc(C)n1. The van der Waals surface area contributed by atoms with Crippen molar-refractivity contribution in [3.63, 3.8) is 0 Å². The van der Waals surface area contributed by atoms with Crippen LogP contribution in [0.2, 0.25) is 0 Å². The monoisotopic (exact) mass is 263 g/mol. The molecule has 0 unspecified atom stereocenters. The number of amides is 1. The Hall–Kier alpha value is -1.58. The van der Waals surface area contributed by atoms with E-state index in [-0.39, 0.29) is 11.9 Å². The van der Waals surface area contributed by atoms with Crippen LogP contribution in [0, 0.1) is 6.92 Å². The Labute approximate surface area is 116 Å². The molecule has 1 N–H and O–H groups in total. The largest absolute Gasteiger partial charge is 0.370 e. The van der Waals surface area contributed by atoms with Crippen LogP contribution in [0.4, 0.5) is 5.82 Å². The molecule has 0 aliphatic carbocycles. The maximum Gasteiger partial charge on any atom is 0.254 e. The molecule has 0 aliphatic rings. The predicted octanol–water partition coefficient (Wildman–Crippen LogP) is 3.08. The molecule has 1 aromatic rings. The Bertz CT molecular complexity index is 429. The second kappa shape index (κ2) is 7.12. The summed E-state index contributed by atoms with van der Waals surface area (Å²) in [5.41, 5.74) is 1.57. The Morgan fingerprint density at radius 3 is 2.58 bits per heavy atom. The van der Waals surface area contributed by atoms with Crippen LogP contribution in [0.3, 0.4) is 0 Å². The number of nitrogens with one attached hydrogen (secondary N) is 1. The van der Waals surface area contributed by atoms with Gasteiger partial charge in [0.15, 0.2) is 0 Å². The minimum Gasteiger partial charge on any atom is -0.370 e. The van der Waals surface area contributed by atoms with Crippen LogP contribution in [0.5, 0.6) is 0 Å². The molecule has 0 bridgehead atoms. The quantitative estimate of drug-likeness (QED) is 0.858. The fourth-order valence-electron chi connectivity index (χ4n) is 2.04. The third kappa shape index (κ3) is 4.23. The van der Waals surface area contributed by atoms with E-state index in [0.717, 1.165) is 31.0 Å². The fourth-order valence-corrected chi connectivity index (χ4v) is 2.04. The van der Waals surface area contributed by atoms with Crippen molar-refractivity contribution in [1.29, 1.82) is 0 Å². The van der Waals surface area contributed by atoms with Crippen LogP contribution in [0.1, 0.15) is 50.2 Å². The fraction of sp³-hybridized carbons (Fsp3) is 0.600. The molecule has 0 fully saturated rings. The number of hydrogen-bond acceptors (Lipinski definition) is 3. The Morgan fingerprint density at radius 2 is 2.05 bits per heavy atom. The molecular formula is C15H25N3O. The van der Waals surface area contributed by atoms with E-state index in [1.807, 2.05) is 44.7 Å². The standard InChI is InChI=1S/C15H25N3O/c1-6-8-16-14-10-13(9-12(5)17-14)15(19)18(7-2)11(3)4/h9-11H,6-8H2,1-5H3,(H,16,17). The highest BCUT2D eigenvalue weighted by Crippen LogP contribution is 2.14. The molecule has 19 heavy (non-hydrogen) atoms. The first kappa shape index (κ1) is 15.5. The van der Waals surface area contributed by atoms with Gasteiger partial charge in [0.1, 0.15) is 5.82 Å². The first-order chi connectivity index (χ1) is 8.99. The predicted molar refractivity (Wildman–Crippen MR) is 79.6 cm³/mol. The molecule has 0 saturated carbocycles. The molecule has 0 atom stereocenters. The van der Waals surface area contributed by atoms with E-state index in [2.05, 4.69) is 17.2 Å². The van der Waals surface area contributed by atoms with Crippen molar-refractivity contribution < 1.29 is 4.79 Å². The normalized spacial score (nSPS) is 10.6. The number of aromatic nitrogens is 1. The van der Waals surface area contributed by atoms with Gasteiger partial charge in [-0.3, -0.25) is 4.79 Å². The number of rotatable bonds is 6. The van der Waals surface area contributed by atoms with E-state index in [9.17, 15) is 4.79 Å². The minimum absolute atomic E-state index is 0.0718. The van der Waals surface area contributed by atoms with Crippen molar-refractivity contribution in [3.05, 3.63) is 23.4 Å². The second-order valence-electron chi connectivity index (χ2n) is 4.99. The van der Waals surface area contributed by atoms with E-state index < -0.39 is 0 Å². The van der Waals surface area contributed by atoms with Gasteiger partial charge in [-0.1, -0.05) is 6.92 Å². The molecule has 1 heterocycles. The number of carbonyl (C=O) groups is 1. The first-order valence-corrected chi connectivity index (χ1v) is 7.03. The molecule has 4 heteroatoms. The summed E-state index contributed by atoms with van der Waals surface area (Å²) in [7, 11) is 0. The molecule has 0 aromatic carbocycles. The average molecular weight is 263 g/mol. The molecule has 4 nitrogen and oxygen atoms in total. The van der Waals surface area contributed by atoms with E-state index in [1.165, 1.54) is 0 Å². The van der Waals surface area contributed by atoms with E-state index in [1.54, 1.807) is 0 Å². The zero-order valence-corrected chi connectivity index (χ0v) is 12.7. The van der Waals surface area contributed by atoms with Crippen molar-refractivity contribution >= 4 is 11.7 Å². The maximum atomic E-state index is 12.5. The van der Waals surface area contributed by atoms with E-state index >= 15 is 0 Å². The topological polar surface area (TPSA) is 45.2 Å². The summed E-state index contributed by atoms with van der Waals surface area (Å²) in [4.78, 5) is 18.7. The molecule has 1 rings (SSSR count). The lowest BCUT2D eigenvalue weighted by molar-refractivity contribution is 0.0716. The highest BCUT2D eigenvalue weighted by atomic mass is 16.2. The summed E-state index contributed by atoms with van der Waals surface area (Å²) in [5.74, 6) is 0.854. The summed E-state index contributed by atoms with van der Waals surface area (Å²) >= 11 is 0. The molecule has 106 valence electrons. The summed E-state index contributed by atoms with van der Waals surface area (Å²) in [6.07, 6.45) is 1.03. The highest BCUT2D eigenvalue weighted by Gasteiger charge is 2.18. The number of carbonyl (C=O) groups excluding carboxylic acids is 1. The first-order valence-electron chi connectivity index (χ1n) is 7.03. The van der Waals surface area contributed by atoms with Crippen LogP contribution in [-0.2, 0) is 0 Å². The van der Waals surface area contributed by atoms with Gasteiger partial charge in [-0.2, -0.15) is 0 Å². The summed E-state index contributed by atoms with van der Waals surface area (Å²) in [6, 6.07) is 3.90. The van der Waals surface area contributed by atoms with Crippen molar-refractivity contribution in [3.8, 4) is 0 Å². The Balaban J connectivity index is 2.99. The molecule has 0 aliphatic heterocycles. The molecule has 0 saturated heterocycles. The van der Waals surface area contributed by atoms with Crippen molar-refractivity contribution in [2.45, 2.75) is 47.1 Å². The number of pyridine rings is 1. The lowest BCUT2D eigenvalue weighted by Crippen LogP contribution is -2.36. The highest BCUT2D eigenvalue weighted by molar-refractivity contribution is 5.95. The summed E-state index contributed by atoms with van der Waals surface area (Å²) < 4.78 is 0.